The van der Waals surface area contributed by atoms with Gasteiger partial charge in [-0.1, -0.05) is 36.8 Å². The zero-order valence-corrected chi connectivity index (χ0v) is 17.1. The lowest BCUT2D eigenvalue weighted by Gasteiger charge is -2.25. The number of piperidine rings is 1. The largest absolute Gasteiger partial charge is 0.324 e. The van der Waals surface area contributed by atoms with E-state index in [1.807, 2.05) is 30.3 Å². The molecule has 1 aromatic heterocycles. The van der Waals surface area contributed by atoms with E-state index in [1.54, 1.807) is 12.1 Å². The Morgan fingerprint density at radius 3 is 2.37 bits per heavy atom. The average Bonchev–Trinajstić information content (AvgIpc) is 3.24. The Balaban J connectivity index is 1.38. The number of nitrogens with one attached hydrogen (secondary N) is 1. The number of hydrogen-bond donors (Lipinski definition) is 1. The van der Waals surface area contributed by atoms with Crippen molar-refractivity contribution >= 4 is 21.6 Å². The topological polar surface area (TPSA) is 110 Å². The predicted molar refractivity (Wildman–Crippen MR) is 111 cm³/mol. The van der Waals surface area contributed by atoms with E-state index in [0.29, 0.717) is 24.6 Å². The molecule has 0 aliphatic carbocycles. The number of sulfonamides is 1. The summed E-state index contributed by atoms with van der Waals surface area (Å²) in [7, 11) is -3.49. The quantitative estimate of drug-likeness (QED) is 0.647. The fourth-order valence-corrected chi connectivity index (χ4v) is 4.82. The monoisotopic (exact) mass is 426 g/mol. The molecule has 0 spiro atoms. The minimum atomic E-state index is -3.49. The number of carbonyl (C=O) groups is 1. The van der Waals surface area contributed by atoms with Gasteiger partial charge in [0.25, 0.3) is 0 Å². The van der Waals surface area contributed by atoms with Crippen molar-refractivity contribution in [1.29, 1.82) is 0 Å². The molecule has 9 nitrogen and oxygen atoms in total. The molecular weight excluding hydrogens is 404 g/mol. The smallest absolute Gasteiger partial charge is 0.248 e. The first-order chi connectivity index (χ1) is 14.5. The molecule has 1 saturated heterocycles. The van der Waals surface area contributed by atoms with Crippen molar-refractivity contribution in [3.05, 3.63) is 54.6 Å². The molecule has 1 N–H and O–H groups in total. The third-order valence-electron chi connectivity index (χ3n) is 4.86. The molecule has 4 rings (SSSR count). The van der Waals surface area contributed by atoms with Crippen LogP contribution in [0.25, 0.3) is 11.4 Å². The van der Waals surface area contributed by atoms with Gasteiger partial charge in [0.05, 0.1) is 4.90 Å². The van der Waals surface area contributed by atoms with Crippen molar-refractivity contribution < 1.29 is 13.2 Å². The molecule has 1 aliphatic rings. The maximum Gasteiger partial charge on any atom is 0.248 e. The Morgan fingerprint density at radius 1 is 0.967 bits per heavy atom. The van der Waals surface area contributed by atoms with Gasteiger partial charge in [-0.05, 0) is 42.3 Å². The summed E-state index contributed by atoms with van der Waals surface area (Å²) in [5.41, 5.74) is 1.32. The van der Waals surface area contributed by atoms with Gasteiger partial charge >= 0.3 is 0 Å². The lowest BCUT2D eigenvalue weighted by molar-refractivity contribution is -0.117. The zero-order chi connectivity index (χ0) is 21.0. The van der Waals surface area contributed by atoms with Gasteiger partial charge < -0.3 is 5.32 Å². The molecule has 1 fully saturated rings. The molecule has 1 amide bonds. The summed E-state index contributed by atoms with van der Waals surface area (Å²) in [5.74, 6) is 0.106. The Morgan fingerprint density at radius 2 is 1.67 bits per heavy atom. The number of amides is 1. The van der Waals surface area contributed by atoms with E-state index < -0.39 is 10.0 Å². The molecule has 2 aromatic carbocycles. The molecule has 0 bridgehead atoms. The molecule has 10 heteroatoms. The third kappa shape index (κ3) is 4.55. The SMILES string of the molecule is O=C(Cn1nnc(-c2ccccc2)n1)Nc1ccc(S(=O)(=O)N2CCCCC2)cc1. The van der Waals surface area contributed by atoms with Crippen molar-refractivity contribution in [3.63, 3.8) is 0 Å². The molecule has 0 saturated carbocycles. The maximum atomic E-state index is 12.7. The molecule has 2 heterocycles. The lowest BCUT2D eigenvalue weighted by Crippen LogP contribution is -2.35. The first-order valence-electron chi connectivity index (χ1n) is 9.76. The standard InChI is InChI=1S/C20H22N6O3S/c27-19(15-26-23-20(22-24-26)16-7-3-1-4-8-16)21-17-9-11-18(12-10-17)30(28,29)25-13-5-2-6-14-25/h1,3-4,7-12H,2,5-6,13-15H2,(H,21,27). The second-order valence-corrected chi connectivity index (χ2v) is 8.98. The van der Waals surface area contributed by atoms with Crippen LogP contribution in [0, 0.1) is 0 Å². The Kier molecular flexibility index (Phi) is 5.86. The van der Waals surface area contributed by atoms with Crippen LogP contribution < -0.4 is 5.32 Å². The minimum absolute atomic E-state index is 0.104. The fourth-order valence-electron chi connectivity index (χ4n) is 3.31. The Labute approximate surface area is 174 Å². The van der Waals surface area contributed by atoms with Gasteiger partial charge in [0.1, 0.15) is 6.54 Å². The van der Waals surface area contributed by atoms with E-state index in [1.165, 1.54) is 21.2 Å². The average molecular weight is 427 g/mol. The fraction of sp³-hybridized carbons (Fsp3) is 0.300. The number of hydrogen-bond acceptors (Lipinski definition) is 6. The van der Waals surface area contributed by atoms with Gasteiger partial charge in [-0.15, -0.1) is 10.2 Å². The van der Waals surface area contributed by atoms with Gasteiger partial charge in [0.2, 0.25) is 21.8 Å². The number of benzene rings is 2. The van der Waals surface area contributed by atoms with Gasteiger partial charge in [-0.25, -0.2) is 8.42 Å². The Hall–Kier alpha value is -3.11. The highest BCUT2D eigenvalue weighted by Crippen LogP contribution is 2.22. The molecule has 1 aliphatic heterocycles. The van der Waals surface area contributed by atoms with Crippen LogP contribution in [-0.4, -0.2) is 51.9 Å². The summed E-state index contributed by atoms with van der Waals surface area (Å²) in [6.07, 6.45) is 2.83. The highest BCUT2D eigenvalue weighted by molar-refractivity contribution is 7.89. The zero-order valence-electron chi connectivity index (χ0n) is 16.3. The van der Waals surface area contributed by atoms with Gasteiger partial charge in [0, 0.05) is 24.3 Å². The third-order valence-corrected chi connectivity index (χ3v) is 6.77. The molecule has 30 heavy (non-hydrogen) atoms. The van der Waals surface area contributed by atoms with Crippen LogP contribution in [0.5, 0.6) is 0 Å². The Bertz CT molecular complexity index is 1110. The summed E-state index contributed by atoms with van der Waals surface area (Å²) in [6.45, 7) is 1.00. The van der Waals surface area contributed by atoms with Crippen LogP contribution in [0.4, 0.5) is 5.69 Å². The van der Waals surface area contributed by atoms with Gasteiger partial charge in [0.15, 0.2) is 0 Å². The molecular formula is C20H22N6O3S. The minimum Gasteiger partial charge on any atom is -0.324 e. The van der Waals surface area contributed by atoms with Crippen molar-refractivity contribution in [1.82, 2.24) is 24.5 Å². The van der Waals surface area contributed by atoms with E-state index in [0.717, 1.165) is 24.8 Å². The van der Waals surface area contributed by atoms with Crippen LogP contribution >= 0.6 is 0 Å². The molecule has 0 unspecified atom stereocenters. The van der Waals surface area contributed by atoms with Gasteiger partial charge in [-0.2, -0.15) is 9.10 Å². The van der Waals surface area contributed by atoms with Crippen LogP contribution in [0.1, 0.15) is 19.3 Å². The second-order valence-electron chi connectivity index (χ2n) is 7.05. The summed E-state index contributed by atoms with van der Waals surface area (Å²) in [6, 6.07) is 15.6. The van der Waals surface area contributed by atoms with Crippen LogP contribution in [-0.2, 0) is 21.4 Å². The number of aromatic nitrogens is 4. The summed E-state index contributed by atoms with van der Waals surface area (Å²) < 4.78 is 26.9. The molecule has 156 valence electrons. The van der Waals surface area contributed by atoms with Gasteiger partial charge in [-0.3, -0.25) is 4.79 Å². The number of nitrogens with zero attached hydrogens (tertiary/aromatic N) is 5. The van der Waals surface area contributed by atoms with Crippen LogP contribution in [0.2, 0.25) is 0 Å². The van der Waals surface area contributed by atoms with E-state index in [-0.39, 0.29) is 17.3 Å². The van der Waals surface area contributed by atoms with Crippen molar-refractivity contribution in [3.8, 4) is 11.4 Å². The number of carbonyl (C=O) groups excluding carboxylic acids is 1. The van der Waals surface area contributed by atoms with E-state index >= 15 is 0 Å². The summed E-state index contributed by atoms with van der Waals surface area (Å²) >= 11 is 0. The number of anilines is 1. The number of tetrazole rings is 1. The highest BCUT2D eigenvalue weighted by Gasteiger charge is 2.25. The summed E-state index contributed by atoms with van der Waals surface area (Å²) in [5, 5.41) is 14.8. The normalized spacial score (nSPS) is 15.1. The van der Waals surface area contributed by atoms with Crippen molar-refractivity contribution in [2.24, 2.45) is 0 Å². The van der Waals surface area contributed by atoms with Crippen LogP contribution in [0.15, 0.2) is 59.5 Å². The molecule has 0 radical (unpaired) electrons. The predicted octanol–water partition coefficient (Wildman–Crippen LogP) is 2.15. The lowest BCUT2D eigenvalue weighted by atomic mass is 10.2. The second kappa shape index (κ2) is 8.72. The van der Waals surface area contributed by atoms with Crippen molar-refractivity contribution in [2.75, 3.05) is 18.4 Å². The highest BCUT2D eigenvalue weighted by atomic mass is 32.2. The first kappa shape index (κ1) is 20.2. The number of rotatable bonds is 6. The molecule has 3 aromatic rings. The van der Waals surface area contributed by atoms with Crippen molar-refractivity contribution in [2.45, 2.75) is 30.7 Å². The van der Waals surface area contributed by atoms with E-state index in [9.17, 15) is 13.2 Å². The van der Waals surface area contributed by atoms with E-state index in [4.69, 9.17) is 0 Å². The first-order valence-corrected chi connectivity index (χ1v) is 11.2. The summed E-state index contributed by atoms with van der Waals surface area (Å²) in [4.78, 5) is 13.7. The van der Waals surface area contributed by atoms with E-state index in [2.05, 4.69) is 20.7 Å². The molecule has 0 atom stereocenters. The maximum absolute atomic E-state index is 12.7. The van der Waals surface area contributed by atoms with Crippen LogP contribution in [0.3, 0.4) is 0 Å².